The van der Waals surface area contributed by atoms with Crippen molar-refractivity contribution in [2.24, 2.45) is 0 Å². The molecule has 0 saturated carbocycles. The third-order valence-corrected chi connectivity index (χ3v) is 3.01. The highest BCUT2D eigenvalue weighted by atomic mass is 19.1. The van der Waals surface area contributed by atoms with E-state index in [-0.39, 0.29) is 5.82 Å². The Labute approximate surface area is 96.4 Å². The molecule has 0 aromatic heterocycles. The van der Waals surface area contributed by atoms with Crippen molar-refractivity contribution in [3.05, 3.63) is 47.8 Å². The Kier molecular flexibility index (Phi) is 3.73. The van der Waals surface area contributed by atoms with E-state index in [1.807, 2.05) is 12.1 Å². The summed E-state index contributed by atoms with van der Waals surface area (Å²) >= 11 is 0. The highest BCUT2D eigenvalue weighted by molar-refractivity contribution is 5.18. The van der Waals surface area contributed by atoms with Crippen LogP contribution in [0.5, 0.6) is 0 Å². The van der Waals surface area contributed by atoms with Gasteiger partial charge >= 0.3 is 0 Å². The van der Waals surface area contributed by atoms with Gasteiger partial charge in [-0.15, -0.1) is 0 Å². The molecule has 0 amide bonds. The van der Waals surface area contributed by atoms with Gasteiger partial charge < -0.3 is 5.32 Å². The molecule has 0 fully saturated rings. The lowest BCUT2D eigenvalue weighted by molar-refractivity contribution is 0.451. The molecule has 1 aromatic carbocycles. The first-order valence-corrected chi connectivity index (χ1v) is 5.90. The second-order valence-electron chi connectivity index (χ2n) is 4.50. The molecule has 0 spiro atoms. The van der Waals surface area contributed by atoms with Crippen LogP contribution in [-0.2, 0) is 6.42 Å². The van der Waals surface area contributed by atoms with Gasteiger partial charge in [0.05, 0.1) is 0 Å². The first-order valence-electron chi connectivity index (χ1n) is 5.90. The lowest BCUT2D eigenvalue weighted by atomic mass is 10.1. The minimum absolute atomic E-state index is 0.0966. The molecule has 0 aliphatic heterocycles. The average Bonchev–Trinajstić information content (AvgIpc) is 2.74. The Morgan fingerprint density at radius 3 is 2.69 bits per heavy atom. The summed E-state index contributed by atoms with van der Waals surface area (Å²) in [5.74, 6) is -0.0966. The molecule has 0 radical (unpaired) electrons. The van der Waals surface area contributed by atoms with Crippen LogP contribution in [0, 0.1) is 5.82 Å². The fraction of sp³-hybridized carbons (Fsp3) is 0.429. The van der Waals surface area contributed by atoms with Crippen molar-refractivity contribution in [2.75, 3.05) is 0 Å². The molecule has 1 atom stereocenters. The molecule has 1 N–H and O–H groups in total. The lowest BCUT2D eigenvalue weighted by Crippen LogP contribution is -2.36. The molecule has 1 aromatic rings. The van der Waals surface area contributed by atoms with Gasteiger partial charge in [-0.1, -0.05) is 30.4 Å². The van der Waals surface area contributed by atoms with Crippen molar-refractivity contribution >= 4 is 0 Å². The standard InChI is InChI=1S/C14H18FN/c1-11(16-13-7-3-4-8-13)10-12-6-2-5-9-14(12)15/h2-6,9,11,13,16H,7-8,10H2,1H3. The van der Waals surface area contributed by atoms with E-state index in [1.54, 1.807) is 6.07 Å². The van der Waals surface area contributed by atoms with E-state index in [9.17, 15) is 4.39 Å². The van der Waals surface area contributed by atoms with Crippen molar-refractivity contribution in [2.45, 2.75) is 38.3 Å². The molecule has 2 rings (SSSR count). The van der Waals surface area contributed by atoms with E-state index < -0.39 is 0 Å². The largest absolute Gasteiger partial charge is 0.311 e. The number of rotatable bonds is 4. The van der Waals surface area contributed by atoms with Gasteiger partial charge in [-0.05, 0) is 37.8 Å². The van der Waals surface area contributed by atoms with E-state index in [2.05, 4.69) is 24.4 Å². The predicted octanol–water partition coefficient (Wildman–Crippen LogP) is 3.06. The van der Waals surface area contributed by atoms with Gasteiger partial charge in [0.2, 0.25) is 0 Å². The molecule has 1 aliphatic rings. The SMILES string of the molecule is CC(Cc1ccccc1F)NC1CC=CC1. The Balaban J connectivity index is 1.87. The molecule has 86 valence electrons. The Hall–Kier alpha value is -1.15. The van der Waals surface area contributed by atoms with Crippen LogP contribution in [0.15, 0.2) is 36.4 Å². The maximum atomic E-state index is 13.4. The van der Waals surface area contributed by atoms with Crippen molar-refractivity contribution in [1.29, 1.82) is 0 Å². The predicted molar refractivity (Wildman–Crippen MR) is 64.9 cm³/mol. The summed E-state index contributed by atoms with van der Waals surface area (Å²) in [6.45, 7) is 2.12. The number of benzene rings is 1. The van der Waals surface area contributed by atoms with Crippen LogP contribution >= 0.6 is 0 Å². The van der Waals surface area contributed by atoms with E-state index in [4.69, 9.17) is 0 Å². The molecule has 2 heteroatoms. The van der Waals surface area contributed by atoms with Crippen molar-refractivity contribution in [1.82, 2.24) is 5.32 Å². The summed E-state index contributed by atoms with van der Waals surface area (Å²) in [5, 5.41) is 3.53. The number of halogens is 1. The maximum Gasteiger partial charge on any atom is 0.126 e. The average molecular weight is 219 g/mol. The molecule has 1 nitrogen and oxygen atoms in total. The van der Waals surface area contributed by atoms with Crippen molar-refractivity contribution in [3.8, 4) is 0 Å². The van der Waals surface area contributed by atoms with E-state index in [1.165, 1.54) is 6.07 Å². The lowest BCUT2D eigenvalue weighted by Gasteiger charge is -2.19. The summed E-state index contributed by atoms with van der Waals surface area (Å²) in [4.78, 5) is 0. The van der Waals surface area contributed by atoms with Crippen LogP contribution in [0.3, 0.4) is 0 Å². The smallest absolute Gasteiger partial charge is 0.126 e. The molecule has 0 bridgehead atoms. The summed E-state index contributed by atoms with van der Waals surface area (Å²) in [5.41, 5.74) is 0.799. The summed E-state index contributed by atoms with van der Waals surface area (Å²) in [6, 6.07) is 7.88. The third kappa shape index (κ3) is 2.92. The zero-order chi connectivity index (χ0) is 11.4. The highest BCUT2D eigenvalue weighted by Gasteiger charge is 2.14. The van der Waals surface area contributed by atoms with Crippen molar-refractivity contribution in [3.63, 3.8) is 0 Å². The minimum atomic E-state index is -0.0966. The minimum Gasteiger partial charge on any atom is -0.311 e. The summed E-state index contributed by atoms with van der Waals surface area (Å²) in [7, 11) is 0. The normalized spacial score (nSPS) is 17.9. The molecule has 1 unspecified atom stereocenters. The first-order chi connectivity index (χ1) is 7.75. The van der Waals surface area contributed by atoms with Gasteiger partial charge in [0, 0.05) is 12.1 Å². The van der Waals surface area contributed by atoms with Crippen molar-refractivity contribution < 1.29 is 4.39 Å². The maximum absolute atomic E-state index is 13.4. The quantitative estimate of drug-likeness (QED) is 0.767. The van der Waals surface area contributed by atoms with E-state index >= 15 is 0 Å². The van der Waals surface area contributed by atoms with Gasteiger partial charge in [-0.25, -0.2) is 4.39 Å². The van der Waals surface area contributed by atoms with E-state index in [0.29, 0.717) is 12.1 Å². The van der Waals surface area contributed by atoms with Gasteiger partial charge in [-0.3, -0.25) is 0 Å². The summed E-state index contributed by atoms with van der Waals surface area (Å²) in [6.07, 6.45) is 7.35. The second kappa shape index (κ2) is 5.26. The molecule has 1 aliphatic carbocycles. The zero-order valence-corrected chi connectivity index (χ0v) is 9.62. The highest BCUT2D eigenvalue weighted by Crippen LogP contribution is 2.13. The molecule has 0 heterocycles. The monoisotopic (exact) mass is 219 g/mol. The Bertz CT molecular complexity index is 365. The van der Waals surface area contributed by atoms with Gasteiger partial charge in [0.15, 0.2) is 0 Å². The van der Waals surface area contributed by atoms with Gasteiger partial charge in [0.1, 0.15) is 5.82 Å². The van der Waals surface area contributed by atoms with Crippen LogP contribution in [0.2, 0.25) is 0 Å². The zero-order valence-electron chi connectivity index (χ0n) is 9.62. The van der Waals surface area contributed by atoms with Crippen LogP contribution in [0.25, 0.3) is 0 Å². The molecule has 16 heavy (non-hydrogen) atoms. The topological polar surface area (TPSA) is 12.0 Å². The second-order valence-corrected chi connectivity index (χ2v) is 4.50. The summed E-state index contributed by atoms with van der Waals surface area (Å²) < 4.78 is 13.4. The van der Waals surface area contributed by atoms with Crippen LogP contribution < -0.4 is 5.32 Å². The van der Waals surface area contributed by atoms with Crippen LogP contribution in [-0.4, -0.2) is 12.1 Å². The van der Waals surface area contributed by atoms with Crippen LogP contribution in [0.4, 0.5) is 4.39 Å². The molecule has 0 saturated heterocycles. The number of hydrogen-bond acceptors (Lipinski definition) is 1. The number of hydrogen-bond donors (Lipinski definition) is 1. The van der Waals surface area contributed by atoms with Crippen LogP contribution in [0.1, 0.15) is 25.3 Å². The Morgan fingerprint density at radius 1 is 1.31 bits per heavy atom. The molecular weight excluding hydrogens is 201 g/mol. The fourth-order valence-electron chi connectivity index (χ4n) is 2.21. The first kappa shape index (κ1) is 11.3. The number of nitrogens with one attached hydrogen (secondary N) is 1. The van der Waals surface area contributed by atoms with Gasteiger partial charge in [0.25, 0.3) is 0 Å². The van der Waals surface area contributed by atoms with E-state index in [0.717, 1.165) is 24.8 Å². The third-order valence-electron chi connectivity index (χ3n) is 3.01. The molecular formula is C14H18FN. The Morgan fingerprint density at radius 2 is 2.00 bits per heavy atom. The fourth-order valence-corrected chi connectivity index (χ4v) is 2.21. The van der Waals surface area contributed by atoms with Gasteiger partial charge in [-0.2, -0.15) is 0 Å².